The Kier molecular flexibility index (Phi) is 7.32. The van der Waals surface area contributed by atoms with Crippen LogP contribution in [0.4, 0.5) is 14.5 Å². The zero-order valence-electron chi connectivity index (χ0n) is 20.5. The van der Waals surface area contributed by atoms with E-state index in [9.17, 15) is 18.4 Å². The molecule has 2 amide bonds. The van der Waals surface area contributed by atoms with E-state index in [4.69, 9.17) is 0 Å². The van der Waals surface area contributed by atoms with Gasteiger partial charge in [-0.1, -0.05) is 0 Å². The average molecular weight is 506 g/mol. The minimum atomic E-state index is -1.10. The van der Waals surface area contributed by atoms with E-state index >= 15 is 0 Å². The molecule has 0 fully saturated rings. The van der Waals surface area contributed by atoms with Gasteiger partial charge in [-0.25, -0.2) is 8.78 Å². The Hall–Kier alpha value is -4.54. The first-order valence-electron chi connectivity index (χ1n) is 11.4. The number of hydrogen-bond acceptors (Lipinski definition) is 6. The van der Waals surface area contributed by atoms with Gasteiger partial charge in [0.05, 0.1) is 0 Å². The van der Waals surface area contributed by atoms with E-state index in [2.05, 4.69) is 25.7 Å². The lowest BCUT2D eigenvalue weighted by atomic mass is 10.0. The summed E-state index contributed by atoms with van der Waals surface area (Å²) in [4.78, 5) is 33.6. The maximum Gasteiger partial charge on any atom is 0.251 e. The second-order valence-electron chi connectivity index (χ2n) is 9.31. The largest absolute Gasteiger partial charge is 0.349 e. The fraction of sp³-hybridized carbons (Fsp3) is 0.231. The summed E-state index contributed by atoms with van der Waals surface area (Å²) in [5, 5.41) is 15.0. The molecule has 1 atom stereocenters. The summed E-state index contributed by atoms with van der Waals surface area (Å²) in [7, 11) is 0. The Labute approximate surface area is 212 Å². The van der Waals surface area contributed by atoms with E-state index in [-0.39, 0.29) is 12.4 Å². The first-order chi connectivity index (χ1) is 17.6. The van der Waals surface area contributed by atoms with Gasteiger partial charge in [0.25, 0.3) is 5.91 Å². The number of carbonyl (C=O) groups is 2. The summed E-state index contributed by atoms with van der Waals surface area (Å²) < 4.78 is 27.0. The lowest BCUT2D eigenvalue weighted by Gasteiger charge is -2.33. The van der Waals surface area contributed by atoms with Gasteiger partial charge < -0.3 is 5.32 Å². The van der Waals surface area contributed by atoms with Crippen LogP contribution in [0.1, 0.15) is 32.4 Å². The molecule has 0 aliphatic carbocycles. The van der Waals surface area contributed by atoms with Crippen LogP contribution in [0.25, 0.3) is 11.4 Å². The minimum Gasteiger partial charge on any atom is -0.349 e. The van der Waals surface area contributed by atoms with Crippen LogP contribution in [0.3, 0.4) is 0 Å². The summed E-state index contributed by atoms with van der Waals surface area (Å²) in [5.74, 6) is -1.66. The standard InChI is InChI=1S/C26H25F2N7O2/c1-26(2,3)30-25(37)23(17-12-14-29-15-13-17)35(21-10-8-20(28)9-11-21)22(36)16-34-32-24(31-33-34)18-4-6-19(27)7-5-18/h4-15,23H,16H2,1-3H3,(H,30,37)/t23-/m1/s1. The van der Waals surface area contributed by atoms with Gasteiger partial charge in [-0.2, -0.15) is 4.80 Å². The molecule has 0 spiro atoms. The van der Waals surface area contributed by atoms with Crippen LogP contribution in [-0.2, 0) is 16.1 Å². The van der Waals surface area contributed by atoms with Gasteiger partial charge in [0.1, 0.15) is 24.2 Å². The van der Waals surface area contributed by atoms with E-state index in [0.717, 1.165) is 4.80 Å². The van der Waals surface area contributed by atoms with Gasteiger partial charge in [0.15, 0.2) is 0 Å². The number of benzene rings is 2. The van der Waals surface area contributed by atoms with Crippen molar-refractivity contribution < 1.29 is 18.4 Å². The third-order valence-corrected chi connectivity index (χ3v) is 5.23. The molecule has 0 saturated heterocycles. The second-order valence-corrected chi connectivity index (χ2v) is 9.31. The number of nitrogens with one attached hydrogen (secondary N) is 1. The first-order valence-corrected chi connectivity index (χ1v) is 11.4. The van der Waals surface area contributed by atoms with Crippen LogP contribution in [-0.4, -0.2) is 42.5 Å². The number of carbonyl (C=O) groups excluding carboxylic acids is 2. The van der Waals surface area contributed by atoms with Gasteiger partial charge in [0, 0.05) is 29.2 Å². The number of pyridine rings is 1. The van der Waals surface area contributed by atoms with Crippen LogP contribution in [0.5, 0.6) is 0 Å². The predicted octanol–water partition coefficient (Wildman–Crippen LogP) is 3.70. The molecule has 9 nitrogen and oxygen atoms in total. The first kappa shape index (κ1) is 25.5. The molecule has 0 aliphatic heterocycles. The van der Waals surface area contributed by atoms with E-state index < -0.39 is 35.0 Å². The number of hydrogen-bond donors (Lipinski definition) is 1. The molecule has 0 unspecified atom stereocenters. The van der Waals surface area contributed by atoms with Gasteiger partial charge in [-0.05, 0) is 92.2 Å². The van der Waals surface area contributed by atoms with Crippen LogP contribution < -0.4 is 10.2 Å². The van der Waals surface area contributed by atoms with E-state index in [1.165, 1.54) is 65.8 Å². The normalized spacial score (nSPS) is 12.1. The van der Waals surface area contributed by atoms with Crippen molar-refractivity contribution in [3.8, 4) is 11.4 Å². The highest BCUT2D eigenvalue weighted by Crippen LogP contribution is 2.29. The third kappa shape index (κ3) is 6.37. The van der Waals surface area contributed by atoms with Crippen molar-refractivity contribution in [3.63, 3.8) is 0 Å². The predicted molar refractivity (Wildman–Crippen MR) is 132 cm³/mol. The highest BCUT2D eigenvalue weighted by Gasteiger charge is 2.35. The van der Waals surface area contributed by atoms with Gasteiger partial charge >= 0.3 is 0 Å². The Balaban J connectivity index is 1.72. The van der Waals surface area contributed by atoms with E-state index in [1.807, 2.05) is 20.8 Å². The molecule has 2 heterocycles. The highest BCUT2D eigenvalue weighted by molar-refractivity contribution is 6.01. The van der Waals surface area contributed by atoms with Crippen molar-refractivity contribution in [1.29, 1.82) is 0 Å². The van der Waals surface area contributed by atoms with Crippen molar-refractivity contribution in [2.75, 3.05) is 4.90 Å². The fourth-order valence-corrected chi connectivity index (χ4v) is 3.66. The molecule has 1 N–H and O–H groups in total. The summed E-state index contributed by atoms with van der Waals surface area (Å²) in [6, 6.07) is 13.0. The molecule has 0 radical (unpaired) electrons. The number of amides is 2. The molecule has 0 aliphatic rings. The van der Waals surface area contributed by atoms with Gasteiger partial charge in [-0.15, -0.1) is 10.2 Å². The van der Waals surface area contributed by atoms with Gasteiger partial charge in [-0.3, -0.25) is 19.5 Å². The fourth-order valence-electron chi connectivity index (χ4n) is 3.66. The van der Waals surface area contributed by atoms with Crippen LogP contribution in [0, 0.1) is 11.6 Å². The summed E-state index contributed by atoms with van der Waals surface area (Å²) in [6.07, 6.45) is 3.04. The van der Waals surface area contributed by atoms with Crippen LogP contribution in [0.15, 0.2) is 73.1 Å². The van der Waals surface area contributed by atoms with Crippen molar-refractivity contribution >= 4 is 17.5 Å². The molecule has 0 bridgehead atoms. The quantitative estimate of drug-likeness (QED) is 0.411. The molecular formula is C26H25F2N7O2. The van der Waals surface area contributed by atoms with Gasteiger partial charge in [0.2, 0.25) is 11.7 Å². The number of rotatable bonds is 7. The molecule has 0 saturated carbocycles. The number of aromatic nitrogens is 5. The molecule has 190 valence electrons. The number of nitrogens with zero attached hydrogens (tertiary/aromatic N) is 6. The third-order valence-electron chi connectivity index (χ3n) is 5.23. The lowest BCUT2D eigenvalue weighted by molar-refractivity contribution is -0.128. The van der Waals surface area contributed by atoms with E-state index in [0.29, 0.717) is 16.8 Å². The molecule has 4 aromatic rings. The van der Waals surface area contributed by atoms with Crippen LogP contribution in [0.2, 0.25) is 0 Å². The summed E-state index contributed by atoms with van der Waals surface area (Å²) in [5.41, 5.74) is 0.746. The second kappa shape index (κ2) is 10.6. The lowest BCUT2D eigenvalue weighted by Crippen LogP contribution is -2.50. The minimum absolute atomic E-state index is 0.206. The molecule has 4 rings (SSSR count). The van der Waals surface area contributed by atoms with E-state index in [1.54, 1.807) is 12.1 Å². The molecule has 11 heteroatoms. The van der Waals surface area contributed by atoms with Crippen molar-refractivity contribution in [2.24, 2.45) is 0 Å². The monoisotopic (exact) mass is 505 g/mol. The zero-order valence-corrected chi connectivity index (χ0v) is 20.5. The number of anilines is 1. The average Bonchev–Trinajstić information content (AvgIpc) is 3.31. The number of tetrazole rings is 1. The van der Waals surface area contributed by atoms with Crippen molar-refractivity contribution in [1.82, 2.24) is 30.5 Å². The maximum absolute atomic E-state index is 13.7. The Morgan fingerprint density at radius 1 is 0.946 bits per heavy atom. The molecule has 37 heavy (non-hydrogen) atoms. The molecular weight excluding hydrogens is 480 g/mol. The number of halogens is 2. The molecule has 2 aromatic heterocycles. The van der Waals surface area contributed by atoms with Crippen LogP contribution >= 0.6 is 0 Å². The zero-order chi connectivity index (χ0) is 26.6. The Morgan fingerprint density at radius 3 is 2.14 bits per heavy atom. The Morgan fingerprint density at radius 2 is 1.54 bits per heavy atom. The smallest absolute Gasteiger partial charge is 0.251 e. The van der Waals surface area contributed by atoms with Crippen molar-refractivity contribution in [2.45, 2.75) is 38.9 Å². The maximum atomic E-state index is 13.7. The van der Waals surface area contributed by atoms with Crippen molar-refractivity contribution in [3.05, 3.63) is 90.3 Å². The highest BCUT2D eigenvalue weighted by atomic mass is 19.1. The molecule has 2 aromatic carbocycles. The Bertz CT molecular complexity index is 1370. The summed E-state index contributed by atoms with van der Waals surface area (Å²) in [6.45, 7) is 5.12. The summed E-state index contributed by atoms with van der Waals surface area (Å²) >= 11 is 0. The topological polar surface area (TPSA) is 106 Å². The SMILES string of the molecule is CC(C)(C)NC(=O)[C@@H](c1ccncc1)N(C(=O)Cn1nnc(-c2ccc(F)cc2)n1)c1ccc(F)cc1.